The van der Waals surface area contributed by atoms with Gasteiger partial charge in [-0.3, -0.25) is 4.68 Å². The second-order valence-corrected chi connectivity index (χ2v) is 9.34. The minimum atomic E-state index is 0.478. The van der Waals surface area contributed by atoms with Gasteiger partial charge in [0, 0.05) is 55.1 Å². The predicted molar refractivity (Wildman–Crippen MR) is 131 cm³/mol. The number of aromatic nitrogens is 6. The van der Waals surface area contributed by atoms with Gasteiger partial charge in [0.2, 0.25) is 5.88 Å². The first kappa shape index (κ1) is 20.9. The Morgan fingerprint density at radius 2 is 1.76 bits per heavy atom. The fourth-order valence-corrected chi connectivity index (χ4v) is 5.13. The van der Waals surface area contributed by atoms with Crippen molar-refractivity contribution in [3.8, 4) is 22.8 Å². The van der Waals surface area contributed by atoms with Gasteiger partial charge in [-0.25, -0.2) is 14.6 Å². The lowest BCUT2D eigenvalue weighted by atomic mass is 9.98. The number of ether oxygens (including phenoxy) is 1. The van der Waals surface area contributed by atoms with Gasteiger partial charge < -0.3 is 9.64 Å². The number of rotatable bonds is 5. The van der Waals surface area contributed by atoms with E-state index in [1.165, 1.54) is 16.9 Å². The Balaban J connectivity index is 1.35. The fraction of sp³-hybridized carbons (Fsp3) is 0.385. The summed E-state index contributed by atoms with van der Waals surface area (Å²) in [6.45, 7) is 5.85. The second-order valence-electron chi connectivity index (χ2n) is 9.34. The normalized spacial score (nSPS) is 15.5. The first-order valence-corrected chi connectivity index (χ1v) is 11.9. The molecule has 8 nitrogen and oxygen atoms in total. The number of aryl methyl sites for hydroxylation is 3. The molecule has 1 aromatic carbocycles. The Labute approximate surface area is 199 Å². The molecule has 0 radical (unpaired) electrons. The summed E-state index contributed by atoms with van der Waals surface area (Å²) in [5.74, 6) is 1.09. The molecule has 0 saturated heterocycles. The summed E-state index contributed by atoms with van der Waals surface area (Å²) in [5.41, 5.74) is 9.95. The maximum Gasteiger partial charge on any atom is 0.226 e. The molecule has 0 spiro atoms. The van der Waals surface area contributed by atoms with E-state index in [1.54, 1.807) is 13.4 Å². The zero-order valence-corrected chi connectivity index (χ0v) is 20.1. The van der Waals surface area contributed by atoms with E-state index >= 15 is 0 Å². The molecule has 4 heterocycles. The molecular formula is C26H29N7O. The molecule has 0 unspecified atom stereocenters. The number of hydrogen-bond acceptors (Lipinski definition) is 6. The zero-order chi connectivity index (χ0) is 23.4. The van der Waals surface area contributed by atoms with Crippen molar-refractivity contribution in [2.75, 3.05) is 18.6 Å². The minimum absolute atomic E-state index is 0.478. The van der Waals surface area contributed by atoms with Crippen LogP contribution in [0.4, 0.5) is 5.69 Å². The molecule has 0 amide bonds. The van der Waals surface area contributed by atoms with Crippen LogP contribution >= 0.6 is 0 Å². The van der Waals surface area contributed by atoms with Crippen LogP contribution in [0.3, 0.4) is 0 Å². The summed E-state index contributed by atoms with van der Waals surface area (Å²) in [4.78, 5) is 11.5. The molecule has 4 aromatic rings. The van der Waals surface area contributed by atoms with Gasteiger partial charge in [-0.2, -0.15) is 10.2 Å². The summed E-state index contributed by atoms with van der Waals surface area (Å²) in [7, 11) is 3.71. The molecule has 1 fully saturated rings. The zero-order valence-electron chi connectivity index (χ0n) is 20.1. The van der Waals surface area contributed by atoms with E-state index in [1.807, 2.05) is 23.3 Å². The van der Waals surface area contributed by atoms with Crippen LogP contribution in [0.15, 0.2) is 36.7 Å². The van der Waals surface area contributed by atoms with Crippen LogP contribution in [0.25, 0.3) is 16.9 Å². The van der Waals surface area contributed by atoms with Crippen LogP contribution in [0.2, 0.25) is 0 Å². The topological polar surface area (TPSA) is 73.9 Å². The molecule has 174 valence electrons. The smallest absolute Gasteiger partial charge is 0.226 e. The highest BCUT2D eigenvalue weighted by atomic mass is 16.5. The first-order valence-electron chi connectivity index (χ1n) is 11.9. The van der Waals surface area contributed by atoms with Crippen molar-refractivity contribution in [3.05, 3.63) is 65.0 Å². The van der Waals surface area contributed by atoms with Crippen molar-refractivity contribution < 1.29 is 4.74 Å². The van der Waals surface area contributed by atoms with Crippen LogP contribution in [0.5, 0.6) is 5.88 Å². The predicted octanol–water partition coefficient (Wildman–Crippen LogP) is 4.13. The van der Waals surface area contributed by atoms with Crippen LogP contribution in [-0.2, 0) is 20.0 Å². The van der Waals surface area contributed by atoms with E-state index in [-0.39, 0.29) is 0 Å². The van der Waals surface area contributed by atoms with Crippen molar-refractivity contribution in [2.45, 2.75) is 45.6 Å². The van der Waals surface area contributed by atoms with E-state index in [4.69, 9.17) is 9.84 Å². The lowest BCUT2D eigenvalue weighted by Crippen LogP contribution is -2.31. The van der Waals surface area contributed by atoms with Gasteiger partial charge >= 0.3 is 0 Å². The van der Waals surface area contributed by atoms with Crippen LogP contribution in [-0.4, -0.2) is 43.2 Å². The van der Waals surface area contributed by atoms with Crippen LogP contribution < -0.4 is 9.64 Å². The number of nitrogens with zero attached hydrogens (tertiary/aromatic N) is 7. The molecule has 34 heavy (non-hydrogen) atoms. The maximum atomic E-state index is 5.67. The van der Waals surface area contributed by atoms with Gasteiger partial charge in [-0.1, -0.05) is 0 Å². The van der Waals surface area contributed by atoms with Crippen LogP contribution in [0, 0.1) is 13.8 Å². The molecule has 0 atom stereocenters. The summed E-state index contributed by atoms with van der Waals surface area (Å²) in [6.07, 6.45) is 4.88. The number of methoxy groups -OCH3 is 1. The Morgan fingerprint density at radius 3 is 2.44 bits per heavy atom. The van der Waals surface area contributed by atoms with Crippen molar-refractivity contribution in [3.63, 3.8) is 0 Å². The summed E-state index contributed by atoms with van der Waals surface area (Å²) >= 11 is 0. The molecule has 0 N–H and O–H groups in total. The molecule has 2 aliphatic rings. The molecule has 1 saturated carbocycles. The molecular weight excluding hydrogens is 426 g/mol. The number of anilines is 1. The average Bonchev–Trinajstić information content (AvgIpc) is 3.58. The molecule has 1 aliphatic heterocycles. The van der Waals surface area contributed by atoms with Gasteiger partial charge in [0.25, 0.3) is 0 Å². The van der Waals surface area contributed by atoms with Crippen molar-refractivity contribution in [2.24, 2.45) is 7.05 Å². The van der Waals surface area contributed by atoms with Gasteiger partial charge in [-0.15, -0.1) is 0 Å². The third kappa shape index (κ3) is 3.45. The highest BCUT2D eigenvalue weighted by Gasteiger charge is 2.34. The number of hydrogen-bond donors (Lipinski definition) is 0. The molecule has 8 heteroatoms. The van der Waals surface area contributed by atoms with Crippen molar-refractivity contribution in [1.29, 1.82) is 0 Å². The Bertz CT molecular complexity index is 1360. The summed E-state index contributed by atoms with van der Waals surface area (Å²) in [6, 6.07) is 10.8. The average molecular weight is 456 g/mol. The first-order chi connectivity index (χ1) is 16.5. The minimum Gasteiger partial charge on any atom is -0.480 e. The Morgan fingerprint density at radius 1 is 1.00 bits per heavy atom. The fourth-order valence-electron chi connectivity index (χ4n) is 5.13. The molecule has 0 bridgehead atoms. The highest BCUT2D eigenvalue weighted by Crippen LogP contribution is 2.46. The van der Waals surface area contributed by atoms with Gasteiger partial charge in [0.05, 0.1) is 29.7 Å². The Hall–Kier alpha value is -3.68. The number of benzene rings is 1. The third-order valence-corrected chi connectivity index (χ3v) is 6.95. The largest absolute Gasteiger partial charge is 0.480 e. The van der Waals surface area contributed by atoms with E-state index in [2.05, 4.69) is 57.2 Å². The monoisotopic (exact) mass is 455 g/mol. The van der Waals surface area contributed by atoms with Gasteiger partial charge in [0.15, 0.2) is 0 Å². The molecule has 6 rings (SSSR count). The second kappa shape index (κ2) is 7.97. The van der Waals surface area contributed by atoms with Gasteiger partial charge in [-0.05, 0) is 57.0 Å². The third-order valence-electron chi connectivity index (χ3n) is 6.95. The van der Waals surface area contributed by atoms with Crippen molar-refractivity contribution in [1.82, 2.24) is 29.5 Å². The number of fused-ring (bicyclic) bond motifs is 1. The van der Waals surface area contributed by atoms with Gasteiger partial charge in [0.1, 0.15) is 12.0 Å². The van der Waals surface area contributed by atoms with E-state index < -0.39 is 0 Å². The van der Waals surface area contributed by atoms with E-state index in [9.17, 15) is 0 Å². The van der Waals surface area contributed by atoms with E-state index in [0.717, 1.165) is 66.4 Å². The molecule has 1 aliphatic carbocycles. The van der Waals surface area contributed by atoms with Crippen molar-refractivity contribution >= 4 is 5.69 Å². The molecule has 3 aromatic heterocycles. The standard InChI is InChI=1S/C26H29N7O/c1-16-13-17(2)33(29-16)20-9-7-19(8-10-20)32-12-11-22-21(14-32)25(30-31(22)3)23-24(18-5-6-18)27-15-28-26(23)34-4/h7-10,13,15,18H,5-6,11-12,14H2,1-4H3. The van der Waals surface area contributed by atoms with Crippen LogP contribution in [0.1, 0.15) is 47.1 Å². The Kier molecular flexibility index (Phi) is 4.90. The lowest BCUT2D eigenvalue weighted by Gasteiger charge is -2.30. The van der Waals surface area contributed by atoms with E-state index in [0.29, 0.717) is 11.8 Å². The summed E-state index contributed by atoms with van der Waals surface area (Å²) in [5, 5.41) is 9.57. The maximum absolute atomic E-state index is 5.67. The highest BCUT2D eigenvalue weighted by molar-refractivity contribution is 5.73. The lowest BCUT2D eigenvalue weighted by molar-refractivity contribution is 0.397. The SMILES string of the molecule is COc1ncnc(C2CC2)c1-c1nn(C)c2c1CN(c1ccc(-n3nc(C)cc3C)cc1)CC2. The summed E-state index contributed by atoms with van der Waals surface area (Å²) < 4.78 is 9.69. The quantitative estimate of drug-likeness (QED) is 0.451.